The molecule has 0 unspecified atom stereocenters. The molecular weight excluding hydrogens is 364 g/mol. The summed E-state index contributed by atoms with van der Waals surface area (Å²) in [4.78, 5) is 12.6. The van der Waals surface area contributed by atoms with E-state index < -0.39 is 0 Å². The Hall–Kier alpha value is -2.30. The molecule has 1 heterocycles. The van der Waals surface area contributed by atoms with Crippen LogP contribution in [0.1, 0.15) is 63.8 Å². The Labute approximate surface area is 173 Å². The van der Waals surface area contributed by atoms with Crippen LogP contribution in [-0.2, 0) is 17.8 Å². The van der Waals surface area contributed by atoms with Gasteiger partial charge in [0.2, 0.25) is 5.91 Å². The van der Waals surface area contributed by atoms with E-state index in [1.54, 1.807) is 0 Å². The van der Waals surface area contributed by atoms with E-state index in [1.807, 2.05) is 36.4 Å². The Morgan fingerprint density at radius 2 is 1.97 bits per heavy atom. The van der Waals surface area contributed by atoms with Crippen molar-refractivity contribution in [3.63, 3.8) is 0 Å². The lowest BCUT2D eigenvalue weighted by Crippen LogP contribution is -2.59. The summed E-state index contributed by atoms with van der Waals surface area (Å²) in [7, 11) is 0. The maximum Gasteiger partial charge on any atom is 0.223 e. The molecule has 2 saturated carbocycles. The quantitative estimate of drug-likeness (QED) is 0.722. The molecule has 2 fully saturated rings. The predicted octanol–water partition coefficient (Wildman–Crippen LogP) is 4.91. The highest BCUT2D eigenvalue weighted by atomic mass is 16.5. The number of para-hydroxylation sites is 1. The van der Waals surface area contributed by atoms with Crippen molar-refractivity contribution in [3.05, 3.63) is 47.9 Å². The van der Waals surface area contributed by atoms with Crippen LogP contribution in [0, 0.1) is 17.3 Å². The number of aromatic nitrogens is 1. The molecule has 4 rings (SSSR count). The summed E-state index contributed by atoms with van der Waals surface area (Å²) in [6, 6.07) is 12.0. The van der Waals surface area contributed by atoms with Gasteiger partial charge in [-0.1, -0.05) is 56.5 Å². The number of hydrogen-bond donors (Lipinski definition) is 1. The summed E-state index contributed by atoms with van der Waals surface area (Å²) in [5, 5.41) is 7.57. The molecule has 0 aliphatic heterocycles. The standard InChI is InChI=1S/C24H32N2O3/c1-24(2)18(14-22(24)25-23(27)17-9-5-3-6-10-17)13-19-15-21(29-26-19)16-28-20-11-7-4-8-12-20/h4,7-8,11-12,15,17-18,22H,3,5-6,9-10,13-14,16H2,1-2H3,(H,25,27)/t18-,22+/m1/s1. The molecule has 2 aromatic rings. The number of nitrogens with zero attached hydrogens (tertiary/aromatic N) is 1. The molecule has 0 radical (unpaired) electrons. The summed E-state index contributed by atoms with van der Waals surface area (Å²) in [6.07, 6.45) is 7.64. The Morgan fingerprint density at radius 1 is 1.21 bits per heavy atom. The molecule has 5 nitrogen and oxygen atoms in total. The van der Waals surface area contributed by atoms with E-state index in [9.17, 15) is 4.79 Å². The van der Waals surface area contributed by atoms with E-state index in [-0.39, 0.29) is 23.3 Å². The van der Waals surface area contributed by atoms with Crippen LogP contribution in [0.3, 0.4) is 0 Å². The van der Waals surface area contributed by atoms with Crippen molar-refractivity contribution in [2.45, 2.75) is 71.4 Å². The summed E-state index contributed by atoms with van der Waals surface area (Å²) in [5.41, 5.74) is 1.04. The summed E-state index contributed by atoms with van der Waals surface area (Å²) in [6.45, 7) is 4.89. The van der Waals surface area contributed by atoms with Crippen molar-refractivity contribution in [1.82, 2.24) is 10.5 Å². The zero-order valence-electron chi connectivity index (χ0n) is 17.5. The molecule has 2 aliphatic rings. The minimum absolute atomic E-state index is 0.0734. The highest BCUT2D eigenvalue weighted by molar-refractivity contribution is 5.79. The predicted molar refractivity (Wildman–Crippen MR) is 111 cm³/mol. The second kappa shape index (κ2) is 8.60. The van der Waals surface area contributed by atoms with Gasteiger partial charge >= 0.3 is 0 Å². The van der Waals surface area contributed by atoms with Crippen LogP contribution in [-0.4, -0.2) is 17.1 Å². The van der Waals surface area contributed by atoms with E-state index in [2.05, 4.69) is 24.3 Å². The first-order valence-electron chi connectivity index (χ1n) is 10.9. The fourth-order valence-electron chi connectivity index (χ4n) is 4.71. The van der Waals surface area contributed by atoms with Crippen molar-refractivity contribution < 1.29 is 14.1 Å². The number of amides is 1. The lowest BCUT2D eigenvalue weighted by atomic mass is 9.57. The Morgan fingerprint density at radius 3 is 2.69 bits per heavy atom. The smallest absolute Gasteiger partial charge is 0.223 e. The first kappa shape index (κ1) is 20.0. The van der Waals surface area contributed by atoms with Gasteiger partial charge in [0.15, 0.2) is 5.76 Å². The van der Waals surface area contributed by atoms with Gasteiger partial charge in [-0.05, 0) is 49.1 Å². The van der Waals surface area contributed by atoms with Crippen LogP contribution in [0.2, 0.25) is 0 Å². The van der Waals surface area contributed by atoms with Gasteiger partial charge < -0.3 is 14.6 Å². The van der Waals surface area contributed by atoms with Crippen molar-refractivity contribution in [2.24, 2.45) is 17.3 Å². The lowest BCUT2D eigenvalue weighted by molar-refractivity contribution is -0.130. The van der Waals surface area contributed by atoms with Gasteiger partial charge in [-0.15, -0.1) is 0 Å². The molecule has 0 saturated heterocycles. The SMILES string of the molecule is CC1(C)[C@H](Cc2cc(COc3ccccc3)on2)C[C@@H]1NC(=O)C1CCCCC1. The van der Waals surface area contributed by atoms with E-state index in [0.717, 1.165) is 42.9 Å². The van der Waals surface area contributed by atoms with Crippen LogP contribution in [0.4, 0.5) is 0 Å². The molecule has 1 aromatic carbocycles. The van der Waals surface area contributed by atoms with Crippen LogP contribution in [0.5, 0.6) is 5.75 Å². The molecule has 1 aromatic heterocycles. The third-order valence-electron chi connectivity index (χ3n) is 6.95. The van der Waals surface area contributed by atoms with Crippen molar-refractivity contribution in [3.8, 4) is 5.75 Å². The van der Waals surface area contributed by atoms with Crippen molar-refractivity contribution in [1.29, 1.82) is 0 Å². The van der Waals surface area contributed by atoms with Crippen LogP contribution >= 0.6 is 0 Å². The largest absolute Gasteiger partial charge is 0.486 e. The van der Waals surface area contributed by atoms with E-state index in [0.29, 0.717) is 12.5 Å². The third kappa shape index (κ3) is 4.65. The maximum atomic E-state index is 12.6. The first-order chi connectivity index (χ1) is 14.0. The molecule has 2 atom stereocenters. The third-order valence-corrected chi connectivity index (χ3v) is 6.95. The number of benzene rings is 1. The average molecular weight is 397 g/mol. The van der Waals surface area contributed by atoms with E-state index >= 15 is 0 Å². The average Bonchev–Trinajstić information content (AvgIpc) is 3.20. The first-order valence-corrected chi connectivity index (χ1v) is 10.9. The maximum absolute atomic E-state index is 12.6. The van der Waals surface area contributed by atoms with Crippen molar-refractivity contribution in [2.75, 3.05) is 0 Å². The number of hydrogen-bond acceptors (Lipinski definition) is 4. The molecule has 0 bridgehead atoms. The second-order valence-corrected chi connectivity index (χ2v) is 9.24. The Bertz CT molecular complexity index is 809. The fraction of sp³-hybridized carbons (Fsp3) is 0.583. The highest BCUT2D eigenvalue weighted by Gasteiger charge is 2.49. The summed E-state index contributed by atoms with van der Waals surface area (Å²) < 4.78 is 11.2. The van der Waals surface area contributed by atoms with Crippen LogP contribution < -0.4 is 10.1 Å². The lowest BCUT2D eigenvalue weighted by Gasteiger charge is -2.52. The van der Waals surface area contributed by atoms with Crippen molar-refractivity contribution >= 4 is 5.91 Å². The monoisotopic (exact) mass is 396 g/mol. The molecule has 1 N–H and O–H groups in total. The number of nitrogens with one attached hydrogen (secondary N) is 1. The molecular formula is C24H32N2O3. The van der Waals surface area contributed by atoms with E-state index in [1.165, 1.54) is 19.3 Å². The van der Waals surface area contributed by atoms with Gasteiger partial charge in [0.1, 0.15) is 12.4 Å². The fourth-order valence-corrected chi connectivity index (χ4v) is 4.71. The van der Waals surface area contributed by atoms with Crippen LogP contribution in [0.15, 0.2) is 40.9 Å². The molecule has 29 heavy (non-hydrogen) atoms. The van der Waals surface area contributed by atoms with Crippen LogP contribution in [0.25, 0.3) is 0 Å². The Balaban J connectivity index is 1.26. The number of carbonyl (C=O) groups is 1. The van der Waals surface area contributed by atoms with Gasteiger partial charge in [0, 0.05) is 18.0 Å². The van der Waals surface area contributed by atoms with Gasteiger partial charge in [0.25, 0.3) is 0 Å². The topological polar surface area (TPSA) is 64.4 Å². The summed E-state index contributed by atoms with van der Waals surface area (Å²) >= 11 is 0. The van der Waals surface area contributed by atoms with Gasteiger partial charge in [-0.25, -0.2) is 0 Å². The molecule has 2 aliphatic carbocycles. The minimum Gasteiger partial charge on any atom is -0.486 e. The van der Waals surface area contributed by atoms with Gasteiger partial charge in [-0.2, -0.15) is 0 Å². The number of ether oxygens (including phenoxy) is 1. The van der Waals surface area contributed by atoms with Gasteiger partial charge in [0.05, 0.1) is 5.69 Å². The summed E-state index contributed by atoms with van der Waals surface area (Å²) in [5.74, 6) is 2.54. The number of rotatable bonds is 7. The molecule has 156 valence electrons. The van der Waals surface area contributed by atoms with Gasteiger partial charge in [-0.3, -0.25) is 4.79 Å². The Kier molecular flexibility index (Phi) is 5.93. The normalized spacial score (nSPS) is 23.9. The zero-order valence-corrected chi connectivity index (χ0v) is 17.5. The number of carbonyl (C=O) groups excluding carboxylic acids is 1. The molecule has 1 amide bonds. The zero-order chi connectivity index (χ0) is 20.3. The second-order valence-electron chi connectivity index (χ2n) is 9.24. The minimum atomic E-state index is 0.0734. The molecule has 0 spiro atoms. The highest BCUT2D eigenvalue weighted by Crippen LogP contribution is 2.48. The van der Waals surface area contributed by atoms with E-state index in [4.69, 9.17) is 9.26 Å². The molecule has 5 heteroatoms.